The van der Waals surface area contributed by atoms with Gasteiger partial charge in [-0.25, -0.2) is 8.42 Å². The lowest BCUT2D eigenvalue weighted by Gasteiger charge is -2.03. The van der Waals surface area contributed by atoms with Crippen molar-refractivity contribution in [3.05, 3.63) is 47.3 Å². The molecular formula is C20H20N2O5S2. The Labute approximate surface area is 172 Å². The average Bonchev–Trinajstić information content (AvgIpc) is 3.29. The van der Waals surface area contributed by atoms with Gasteiger partial charge < -0.3 is 14.0 Å². The van der Waals surface area contributed by atoms with Crippen LogP contribution in [0.2, 0.25) is 0 Å². The monoisotopic (exact) mass is 432 g/mol. The molecule has 1 aromatic heterocycles. The molecule has 7 nitrogen and oxygen atoms in total. The van der Waals surface area contributed by atoms with Crippen LogP contribution in [0.3, 0.4) is 0 Å². The number of nitrogens with zero attached hydrogens (tertiary/aromatic N) is 2. The summed E-state index contributed by atoms with van der Waals surface area (Å²) in [7, 11) is -3.39. The van der Waals surface area contributed by atoms with E-state index in [-0.39, 0.29) is 36.2 Å². The van der Waals surface area contributed by atoms with E-state index in [2.05, 4.69) is 4.99 Å². The van der Waals surface area contributed by atoms with Gasteiger partial charge in [-0.2, -0.15) is 4.99 Å². The minimum absolute atomic E-state index is 0.0761. The summed E-state index contributed by atoms with van der Waals surface area (Å²) in [6, 6.07) is 12.1. The molecule has 0 unspecified atom stereocenters. The summed E-state index contributed by atoms with van der Waals surface area (Å²) in [6.45, 7) is 2.83. The van der Waals surface area contributed by atoms with Crippen molar-refractivity contribution in [2.24, 2.45) is 4.99 Å². The summed E-state index contributed by atoms with van der Waals surface area (Å²) in [5.41, 5.74) is 0.931. The van der Waals surface area contributed by atoms with Crippen molar-refractivity contribution in [1.82, 2.24) is 4.57 Å². The van der Waals surface area contributed by atoms with E-state index in [4.69, 9.17) is 9.47 Å². The number of thiazole rings is 1. The van der Waals surface area contributed by atoms with Gasteiger partial charge in [0.05, 0.1) is 20.9 Å². The molecule has 0 atom stereocenters. The van der Waals surface area contributed by atoms with Gasteiger partial charge in [-0.1, -0.05) is 29.5 Å². The molecule has 0 N–H and O–H groups in total. The van der Waals surface area contributed by atoms with Gasteiger partial charge in [-0.3, -0.25) is 4.79 Å². The molecule has 152 valence electrons. The maximum Gasteiger partial charge on any atom is 0.248 e. The van der Waals surface area contributed by atoms with Crippen molar-refractivity contribution in [1.29, 1.82) is 0 Å². The third-order valence-electron chi connectivity index (χ3n) is 4.62. The van der Waals surface area contributed by atoms with E-state index in [0.717, 1.165) is 10.2 Å². The Hall–Kier alpha value is -2.65. The second-order valence-corrected chi connectivity index (χ2v) is 9.66. The summed E-state index contributed by atoms with van der Waals surface area (Å²) in [5, 5.41) is 0. The minimum atomic E-state index is -3.39. The molecule has 2 aromatic carbocycles. The lowest BCUT2D eigenvalue weighted by atomic mass is 10.3. The van der Waals surface area contributed by atoms with Crippen molar-refractivity contribution in [3.63, 3.8) is 0 Å². The summed E-state index contributed by atoms with van der Waals surface area (Å²) in [5.74, 6) is 0.953. The Bertz CT molecular complexity index is 1230. The van der Waals surface area contributed by atoms with Crippen LogP contribution in [0.4, 0.5) is 0 Å². The Kier molecular flexibility index (Phi) is 5.42. The van der Waals surface area contributed by atoms with Gasteiger partial charge in [0.15, 0.2) is 26.1 Å². The molecular weight excluding hydrogens is 412 g/mol. The van der Waals surface area contributed by atoms with E-state index in [9.17, 15) is 13.2 Å². The highest BCUT2D eigenvalue weighted by atomic mass is 32.2. The van der Waals surface area contributed by atoms with Gasteiger partial charge >= 0.3 is 0 Å². The topological polar surface area (TPSA) is 87.0 Å². The number of fused-ring (bicyclic) bond motifs is 2. The highest BCUT2D eigenvalue weighted by Crippen LogP contribution is 2.36. The first-order valence-electron chi connectivity index (χ1n) is 9.26. The SMILES string of the molecule is CCn1c(=NC(=O)CCCS(=O)(=O)c2ccccc2)sc2cc3c(cc21)OCO3. The van der Waals surface area contributed by atoms with Crippen molar-refractivity contribution in [2.75, 3.05) is 12.5 Å². The van der Waals surface area contributed by atoms with Gasteiger partial charge in [-0.15, -0.1) is 0 Å². The Morgan fingerprint density at radius 2 is 1.90 bits per heavy atom. The molecule has 1 aliphatic heterocycles. The molecule has 0 saturated heterocycles. The number of ether oxygens (including phenoxy) is 2. The zero-order valence-corrected chi connectivity index (χ0v) is 17.5. The van der Waals surface area contributed by atoms with E-state index in [0.29, 0.717) is 22.8 Å². The average molecular weight is 433 g/mol. The van der Waals surface area contributed by atoms with Gasteiger partial charge in [0.25, 0.3) is 0 Å². The molecule has 0 aliphatic carbocycles. The molecule has 2 heterocycles. The van der Waals surface area contributed by atoms with Crippen LogP contribution in [0.1, 0.15) is 19.8 Å². The number of hydrogen-bond acceptors (Lipinski definition) is 6. The molecule has 4 rings (SSSR count). The van der Waals surface area contributed by atoms with E-state index in [1.54, 1.807) is 30.3 Å². The number of sulfone groups is 1. The molecule has 1 amide bonds. The van der Waals surface area contributed by atoms with E-state index < -0.39 is 9.84 Å². The van der Waals surface area contributed by atoms with Crippen molar-refractivity contribution < 1.29 is 22.7 Å². The Morgan fingerprint density at radius 3 is 2.62 bits per heavy atom. The van der Waals surface area contributed by atoms with Crippen LogP contribution >= 0.6 is 11.3 Å². The number of rotatable bonds is 6. The fourth-order valence-corrected chi connectivity index (χ4v) is 5.63. The zero-order valence-electron chi connectivity index (χ0n) is 15.8. The molecule has 0 spiro atoms. The lowest BCUT2D eigenvalue weighted by molar-refractivity contribution is -0.118. The number of amides is 1. The zero-order chi connectivity index (χ0) is 20.4. The first-order chi connectivity index (χ1) is 14.0. The van der Waals surface area contributed by atoms with Crippen molar-refractivity contribution >= 4 is 37.3 Å². The predicted octanol–water partition coefficient (Wildman–Crippen LogP) is 3.13. The maximum absolute atomic E-state index is 12.4. The first kappa shape index (κ1) is 19.7. The molecule has 0 fully saturated rings. The van der Waals surface area contributed by atoms with E-state index >= 15 is 0 Å². The van der Waals surface area contributed by atoms with E-state index in [1.165, 1.54) is 11.3 Å². The third kappa shape index (κ3) is 4.06. The smallest absolute Gasteiger partial charge is 0.248 e. The quantitative estimate of drug-likeness (QED) is 0.597. The van der Waals surface area contributed by atoms with Gasteiger partial charge in [0.2, 0.25) is 12.7 Å². The van der Waals surface area contributed by atoms with Crippen LogP contribution in [-0.4, -0.2) is 31.4 Å². The normalized spacial score (nSPS) is 13.9. The number of carbonyl (C=O) groups excluding carboxylic acids is 1. The van der Waals surface area contributed by atoms with E-state index in [1.807, 2.05) is 23.6 Å². The van der Waals surface area contributed by atoms with Crippen LogP contribution in [0.15, 0.2) is 52.4 Å². The minimum Gasteiger partial charge on any atom is -0.454 e. The molecule has 0 radical (unpaired) electrons. The Morgan fingerprint density at radius 1 is 1.17 bits per heavy atom. The Balaban J connectivity index is 1.50. The molecule has 9 heteroatoms. The fourth-order valence-electron chi connectivity index (χ4n) is 3.17. The van der Waals surface area contributed by atoms with Crippen LogP contribution in [0.5, 0.6) is 11.5 Å². The van der Waals surface area contributed by atoms with Crippen LogP contribution < -0.4 is 14.3 Å². The maximum atomic E-state index is 12.4. The summed E-state index contributed by atoms with van der Waals surface area (Å²) in [6.07, 6.45) is 0.305. The lowest BCUT2D eigenvalue weighted by Crippen LogP contribution is -2.16. The van der Waals surface area contributed by atoms with Crippen LogP contribution in [0.25, 0.3) is 10.2 Å². The summed E-state index contributed by atoms with van der Waals surface area (Å²) < 4.78 is 38.4. The van der Waals surface area contributed by atoms with Gasteiger partial charge in [-0.05, 0) is 25.5 Å². The first-order valence-corrected chi connectivity index (χ1v) is 11.7. The number of carbonyl (C=O) groups is 1. The van der Waals surface area contributed by atoms with Crippen molar-refractivity contribution in [2.45, 2.75) is 31.2 Å². The number of benzene rings is 2. The van der Waals surface area contributed by atoms with Gasteiger partial charge in [0.1, 0.15) is 0 Å². The molecule has 0 bridgehead atoms. The predicted molar refractivity (Wildman–Crippen MR) is 110 cm³/mol. The summed E-state index contributed by atoms with van der Waals surface area (Å²) >= 11 is 1.40. The number of hydrogen-bond donors (Lipinski definition) is 0. The molecule has 29 heavy (non-hydrogen) atoms. The third-order valence-corrected chi connectivity index (χ3v) is 7.48. The van der Waals surface area contributed by atoms with Crippen LogP contribution in [0, 0.1) is 0 Å². The second-order valence-electron chi connectivity index (χ2n) is 6.54. The van der Waals surface area contributed by atoms with Crippen LogP contribution in [-0.2, 0) is 21.2 Å². The largest absolute Gasteiger partial charge is 0.454 e. The standard InChI is InChI=1S/C20H20N2O5S2/c1-2-22-15-11-16-17(27-13-26-16)12-18(15)28-20(22)21-19(23)9-6-10-29(24,25)14-7-4-3-5-8-14/h3-5,7-8,11-12H,2,6,9-10,13H2,1H3. The van der Waals surface area contributed by atoms with Gasteiger partial charge in [0, 0.05) is 25.1 Å². The molecule has 1 aliphatic rings. The number of aryl methyl sites for hydroxylation is 1. The second kappa shape index (κ2) is 8.00. The number of aromatic nitrogens is 1. The summed E-state index contributed by atoms with van der Waals surface area (Å²) in [4.78, 5) is 17.5. The van der Waals surface area contributed by atoms with Crippen molar-refractivity contribution in [3.8, 4) is 11.5 Å². The molecule has 3 aromatic rings. The highest BCUT2D eigenvalue weighted by Gasteiger charge is 2.18. The fraction of sp³-hybridized carbons (Fsp3) is 0.300. The molecule has 0 saturated carbocycles. The highest BCUT2D eigenvalue weighted by molar-refractivity contribution is 7.91.